The monoisotopic (exact) mass is 389 g/mol. The zero-order valence-electron chi connectivity index (χ0n) is 15.8. The van der Waals surface area contributed by atoms with E-state index in [0.717, 1.165) is 5.56 Å². The van der Waals surface area contributed by atoms with E-state index in [-0.39, 0.29) is 36.9 Å². The van der Waals surface area contributed by atoms with Crippen molar-refractivity contribution in [2.24, 2.45) is 0 Å². The summed E-state index contributed by atoms with van der Waals surface area (Å²) in [5.74, 6) is 1.05. The third kappa shape index (κ3) is 4.21. The summed E-state index contributed by atoms with van der Waals surface area (Å²) in [7, 11) is 0. The topological polar surface area (TPSA) is 103 Å². The third-order valence-corrected chi connectivity index (χ3v) is 4.51. The molecule has 0 aliphatic carbocycles. The molecule has 8 nitrogen and oxygen atoms in total. The van der Waals surface area contributed by atoms with Gasteiger partial charge in [-0.3, -0.25) is 14.2 Å². The van der Waals surface area contributed by atoms with Crippen molar-refractivity contribution in [1.29, 1.82) is 0 Å². The number of aryl methyl sites for hydroxylation is 1. The SMILES string of the molecule is Cc1nc2ccccc2c(=O)n1Cc1noc(CNC(=O)Cc2ccccc2)n1. The normalized spacial score (nSPS) is 10.9. The summed E-state index contributed by atoms with van der Waals surface area (Å²) < 4.78 is 6.70. The van der Waals surface area contributed by atoms with Gasteiger partial charge in [-0.15, -0.1) is 0 Å². The van der Waals surface area contributed by atoms with Crippen molar-refractivity contribution < 1.29 is 9.32 Å². The average molecular weight is 389 g/mol. The van der Waals surface area contributed by atoms with Crippen LogP contribution in [0.25, 0.3) is 10.9 Å². The van der Waals surface area contributed by atoms with Gasteiger partial charge >= 0.3 is 0 Å². The molecular formula is C21H19N5O3. The van der Waals surface area contributed by atoms with Gasteiger partial charge in [-0.05, 0) is 24.6 Å². The highest BCUT2D eigenvalue weighted by Crippen LogP contribution is 2.09. The van der Waals surface area contributed by atoms with Gasteiger partial charge in [0.2, 0.25) is 11.8 Å². The Kier molecular flexibility index (Phi) is 5.15. The first-order chi connectivity index (χ1) is 14.1. The Hall–Kier alpha value is -3.81. The fourth-order valence-electron chi connectivity index (χ4n) is 3.05. The van der Waals surface area contributed by atoms with Crippen LogP contribution in [0, 0.1) is 6.92 Å². The summed E-state index contributed by atoms with van der Waals surface area (Å²) in [5, 5.41) is 7.20. The third-order valence-electron chi connectivity index (χ3n) is 4.51. The van der Waals surface area contributed by atoms with Crippen molar-refractivity contribution in [2.45, 2.75) is 26.4 Å². The van der Waals surface area contributed by atoms with Crippen LogP contribution in [-0.4, -0.2) is 25.6 Å². The molecule has 0 bridgehead atoms. The Balaban J connectivity index is 1.43. The molecular weight excluding hydrogens is 370 g/mol. The van der Waals surface area contributed by atoms with Crippen molar-refractivity contribution in [3.05, 3.63) is 88.1 Å². The Bertz CT molecular complexity index is 1210. The zero-order chi connectivity index (χ0) is 20.2. The highest BCUT2D eigenvalue weighted by atomic mass is 16.5. The highest BCUT2D eigenvalue weighted by molar-refractivity contribution is 5.78. The van der Waals surface area contributed by atoms with Gasteiger partial charge in [0.1, 0.15) is 5.82 Å². The minimum Gasteiger partial charge on any atom is -0.347 e. The van der Waals surface area contributed by atoms with E-state index in [2.05, 4.69) is 20.4 Å². The van der Waals surface area contributed by atoms with Crippen LogP contribution in [0.2, 0.25) is 0 Å². The zero-order valence-corrected chi connectivity index (χ0v) is 15.8. The van der Waals surface area contributed by atoms with Gasteiger partial charge in [0.25, 0.3) is 5.56 Å². The van der Waals surface area contributed by atoms with Crippen molar-refractivity contribution in [3.8, 4) is 0 Å². The summed E-state index contributed by atoms with van der Waals surface area (Å²) in [6, 6.07) is 16.6. The number of rotatable bonds is 6. The number of carbonyl (C=O) groups excluding carboxylic acids is 1. The van der Waals surface area contributed by atoms with Crippen LogP contribution in [-0.2, 0) is 24.3 Å². The molecule has 146 valence electrons. The quantitative estimate of drug-likeness (QED) is 0.541. The molecule has 0 fully saturated rings. The summed E-state index contributed by atoms with van der Waals surface area (Å²) >= 11 is 0. The molecule has 2 aromatic carbocycles. The van der Waals surface area contributed by atoms with E-state index in [4.69, 9.17) is 4.52 Å². The smallest absolute Gasteiger partial charge is 0.261 e. The lowest BCUT2D eigenvalue weighted by atomic mass is 10.1. The number of hydrogen-bond donors (Lipinski definition) is 1. The molecule has 0 spiro atoms. The molecule has 29 heavy (non-hydrogen) atoms. The van der Waals surface area contributed by atoms with Crippen LogP contribution in [0.5, 0.6) is 0 Å². The van der Waals surface area contributed by atoms with Crippen LogP contribution in [0.15, 0.2) is 63.9 Å². The summed E-state index contributed by atoms with van der Waals surface area (Å²) in [4.78, 5) is 33.5. The lowest BCUT2D eigenvalue weighted by Crippen LogP contribution is -2.25. The van der Waals surface area contributed by atoms with Crippen molar-refractivity contribution in [3.63, 3.8) is 0 Å². The van der Waals surface area contributed by atoms with E-state index in [9.17, 15) is 9.59 Å². The fourth-order valence-corrected chi connectivity index (χ4v) is 3.05. The van der Waals surface area contributed by atoms with Crippen LogP contribution in [0.3, 0.4) is 0 Å². The van der Waals surface area contributed by atoms with Gasteiger partial charge in [-0.25, -0.2) is 4.98 Å². The van der Waals surface area contributed by atoms with Crippen molar-refractivity contribution >= 4 is 16.8 Å². The summed E-state index contributed by atoms with van der Waals surface area (Å²) in [6.45, 7) is 2.03. The first-order valence-electron chi connectivity index (χ1n) is 9.18. The van der Waals surface area contributed by atoms with Crippen molar-refractivity contribution in [2.75, 3.05) is 0 Å². The van der Waals surface area contributed by atoms with Gasteiger partial charge < -0.3 is 9.84 Å². The molecule has 8 heteroatoms. The molecule has 0 aliphatic heterocycles. The molecule has 2 aromatic heterocycles. The van der Waals surface area contributed by atoms with Crippen LogP contribution in [0.1, 0.15) is 23.1 Å². The molecule has 0 saturated carbocycles. The second kappa shape index (κ2) is 8.05. The molecule has 0 atom stereocenters. The number of benzene rings is 2. The summed E-state index contributed by atoms with van der Waals surface area (Å²) in [5.41, 5.74) is 1.42. The van der Waals surface area contributed by atoms with E-state index in [1.165, 1.54) is 4.57 Å². The first-order valence-corrected chi connectivity index (χ1v) is 9.18. The number of hydrogen-bond acceptors (Lipinski definition) is 6. The standard InChI is InChI=1S/C21H19N5O3/c1-14-23-17-10-6-5-9-16(17)21(28)26(14)13-18-24-20(29-25-18)12-22-19(27)11-15-7-3-2-4-8-15/h2-10H,11-13H2,1H3,(H,22,27). The van der Waals surface area contributed by atoms with Gasteiger partial charge in [0.05, 0.1) is 30.4 Å². The number of nitrogens with one attached hydrogen (secondary N) is 1. The van der Waals surface area contributed by atoms with Gasteiger partial charge in [-0.1, -0.05) is 47.6 Å². The maximum Gasteiger partial charge on any atom is 0.261 e. The largest absolute Gasteiger partial charge is 0.347 e. The second-order valence-corrected chi connectivity index (χ2v) is 6.61. The maximum atomic E-state index is 12.7. The Morgan fingerprint density at radius 2 is 1.83 bits per heavy atom. The Labute approximate surface area is 166 Å². The maximum absolute atomic E-state index is 12.7. The minimum atomic E-state index is -0.157. The minimum absolute atomic E-state index is 0.127. The fraction of sp³-hybridized carbons (Fsp3) is 0.190. The number of fused-ring (bicyclic) bond motifs is 1. The number of amides is 1. The number of para-hydroxylation sites is 1. The second-order valence-electron chi connectivity index (χ2n) is 6.61. The number of aromatic nitrogens is 4. The molecule has 4 rings (SSSR count). The predicted molar refractivity (Wildman–Crippen MR) is 106 cm³/mol. The molecule has 1 amide bonds. The Morgan fingerprint density at radius 3 is 2.66 bits per heavy atom. The van der Waals surface area contributed by atoms with E-state index >= 15 is 0 Å². The molecule has 0 unspecified atom stereocenters. The van der Waals surface area contributed by atoms with E-state index < -0.39 is 0 Å². The molecule has 1 N–H and O–H groups in total. The Morgan fingerprint density at radius 1 is 1.07 bits per heavy atom. The average Bonchev–Trinajstić information content (AvgIpc) is 3.18. The lowest BCUT2D eigenvalue weighted by molar-refractivity contribution is -0.120. The van der Waals surface area contributed by atoms with Crippen LogP contribution in [0.4, 0.5) is 0 Å². The lowest BCUT2D eigenvalue weighted by Gasteiger charge is -2.08. The predicted octanol–water partition coefficient (Wildman–Crippen LogP) is 2.00. The van der Waals surface area contributed by atoms with Crippen LogP contribution >= 0.6 is 0 Å². The van der Waals surface area contributed by atoms with Gasteiger partial charge in [0, 0.05) is 0 Å². The van der Waals surface area contributed by atoms with Crippen LogP contribution < -0.4 is 10.9 Å². The molecule has 0 aliphatic rings. The van der Waals surface area contributed by atoms with E-state index in [0.29, 0.717) is 22.6 Å². The van der Waals surface area contributed by atoms with E-state index in [1.54, 1.807) is 25.1 Å². The number of carbonyl (C=O) groups is 1. The summed E-state index contributed by atoms with van der Waals surface area (Å²) in [6.07, 6.45) is 0.277. The van der Waals surface area contributed by atoms with Gasteiger partial charge in [0.15, 0.2) is 5.82 Å². The number of nitrogens with zero attached hydrogens (tertiary/aromatic N) is 4. The molecule has 0 saturated heterocycles. The first kappa shape index (κ1) is 18.5. The molecule has 0 radical (unpaired) electrons. The van der Waals surface area contributed by atoms with Gasteiger partial charge in [-0.2, -0.15) is 4.98 Å². The van der Waals surface area contributed by atoms with Crippen molar-refractivity contribution in [1.82, 2.24) is 25.0 Å². The highest BCUT2D eigenvalue weighted by Gasteiger charge is 2.13. The molecule has 4 aromatic rings. The molecule has 2 heterocycles. The van der Waals surface area contributed by atoms with E-state index in [1.807, 2.05) is 36.4 Å².